The van der Waals surface area contributed by atoms with Gasteiger partial charge in [0.15, 0.2) is 0 Å². The van der Waals surface area contributed by atoms with Crippen molar-refractivity contribution in [3.8, 4) is 0 Å². The van der Waals surface area contributed by atoms with Gasteiger partial charge in [-0.05, 0) is 25.5 Å². The van der Waals surface area contributed by atoms with Crippen LogP contribution in [0.15, 0.2) is 12.1 Å². The zero-order valence-electron chi connectivity index (χ0n) is 10.2. The Morgan fingerprint density at radius 1 is 1.39 bits per heavy atom. The second-order valence-corrected chi connectivity index (χ2v) is 5.55. The van der Waals surface area contributed by atoms with Crippen molar-refractivity contribution in [2.45, 2.75) is 19.9 Å². The predicted octanol–water partition coefficient (Wildman–Crippen LogP) is 1.58. The molecule has 18 heavy (non-hydrogen) atoms. The largest absolute Gasteiger partial charge is 0.278 e. The Labute approximate surface area is 109 Å². The van der Waals surface area contributed by atoms with Crippen LogP contribution in [0.5, 0.6) is 0 Å². The molecule has 1 amide bonds. The number of nitrogens with zero attached hydrogens (tertiary/aromatic N) is 4. The summed E-state index contributed by atoms with van der Waals surface area (Å²) < 4.78 is 0. The summed E-state index contributed by atoms with van der Waals surface area (Å²) in [6.45, 7) is 4.40. The molecule has 1 fully saturated rings. The average molecular weight is 262 g/mol. The third kappa shape index (κ3) is 2.09. The standard InChI is InChI=1S/C12H14N4OS/c1-9-13-11-4-3-10(14-12(11)18-9)7-15-5-2-6-16(15)8-17/h3-4,8H,2,5-7H2,1H3. The predicted molar refractivity (Wildman–Crippen MR) is 69.9 cm³/mol. The maximum absolute atomic E-state index is 10.9. The van der Waals surface area contributed by atoms with Crippen molar-refractivity contribution in [3.05, 3.63) is 22.8 Å². The van der Waals surface area contributed by atoms with Crippen LogP contribution in [-0.4, -0.2) is 39.5 Å². The minimum atomic E-state index is 0.686. The SMILES string of the molecule is Cc1nc2ccc(CN3CCCN3C=O)nc2s1. The second-order valence-electron chi connectivity index (χ2n) is 4.37. The molecule has 0 radical (unpaired) electrons. The molecular formula is C12H14N4OS. The highest BCUT2D eigenvalue weighted by molar-refractivity contribution is 7.18. The Balaban J connectivity index is 1.83. The first-order valence-electron chi connectivity index (χ1n) is 5.96. The van der Waals surface area contributed by atoms with Crippen LogP contribution in [-0.2, 0) is 11.3 Å². The van der Waals surface area contributed by atoms with Crippen LogP contribution >= 0.6 is 11.3 Å². The average Bonchev–Trinajstić information content (AvgIpc) is 2.93. The number of rotatable bonds is 3. The number of carbonyl (C=O) groups excluding carboxylic acids is 1. The maximum atomic E-state index is 10.9. The number of amides is 1. The highest BCUT2D eigenvalue weighted by atomic mass is 32.1. The first-order chi connectivity index (χ1) is 8.76. The van der Waals surface area contributed by atoms with Crippen molar-refractivity contribution in [3.63, 3.8) is 0 Å². The number of hydrogen-bond donors (Lipinski definition) is 0. The zero-order valence-corrected chi connectivity index (χ0v) is 11.0. The monoisotopic (exact) mass is 262 g/mol. The fourth-order valence-electron chi connectivity index (χ4n) is 2.21. The number of carbonyl (C=O) groups is 1. The molecule has 0 atom stereocenters. The molecule has 2 aromatic rings. The Kier molecular flexibility index (Phi) is 2.97. The molecule has 1 aliphatic rings. The number of aromatic nitrogens is 2. The Morgan fingerprint density at radius 3 is 3.11 bits per heavy atom. The lowest BCUT2D eigenvalue weighted by Crippen LogP contribution is -2.35. The van der Waals surface area contributed by atoms with Crippen LogP contribution in [0, 0.1) is 6.92 Å². The first-order valence-corrected chi connectivity index (χ1v) is 6.78. The number of fused-ring (bicyclic) bond motifs is 1. The van der Waals surface area contributed by atoms with Gasteiger partial charge in [-0.15, -0.1) is 0 Å². The van der Waals surface area contributed by atoms with Crippen LogP contribution in [0.4, 0.5) is 0 Å². The molecule has 94 valence electrons. The molecule has 5 nitrogen and oxygen atoms in total. The van der Waals surface area contributed by atoms with Gasteiger partial charge in [0.05, 0.1) is 17.2 Å². The smallest absolute Gasteiger partial charge is 0.224 e. The number of hydrogen-bond acceptors (Lipinski definition) is 5. The third-order valence-corrected chi connectivity index (χ3v) is 3.93. The van der Waals surface area contributed by atoms with E-state index in [9.17, 15) is 4.79 Å². The topological polar surface area (TPSA) is 49.3 Å². The maximum Gasteiger partial charge on any atom is 0.224 e. The highest BCUT2D eigenvalue weighted by Gasteiger charge is 2.20. The van der Waals surface area contributed by atoms with Gasteiger partial charge in [-0.1, -0.05) is 11.3 Å². The molecule has 0 spiro atoms. The molecular weight excluding hydrogens is 248 g/mol. The van der Waals surface area contributed by atoms with E-state index in [2.05, 4.69) is 9.97 Å². The van der Waals surface area contributed by atoms with Crippen LogP contribution in [0.3, 0.4) is 0 Å². The molecule has 3 heterocycles. The molecule has 0 N–H and O–H groups in total. The fourth-order valence-corrected chi connectivity index (χ4v) is 3.02. The molecule has 0 saturated carbocycles. The summed E-state index contributed by atoms with van der Waals surface area (Å²) in [4.78, 5) is 20.8. The lowest BCUT2D eigenvalue weighted by Gasteiger charge is -2.23. The molecule has 6 heteroatoms. The lowest BCUT2D eigenvalue weighted by molar-refractivity contribution is -0.130. The van der Waals surface area contributed by atoms with Crippen LogP contribution in [0.1, 0.15) is 17.1 Å². The van der Waals surface area contributed by atoms with Crippen LogP contribution < -0.4 is 0 Å². The molecule has 1 aliphatic heterocycles. The summed E-state index contributed by atoms with van der Waals surface area (Å²) in [5.74, 6) is 0. The van der Waals surface area contributed by atoms with Crippen molar-refractivity contribution in [2.24, 2.45) is 0 Å². The van der Waals surface area contributed by atoms with Gasteiger partial charge in [0, 0.05) is 13.1 Å². The van der Waals surface area contributed by atoms with Gasteiger partial charge >= 0.3 is 0 Å². The normalized spacial score (nSPS) is 16.6. The van der Waals surface area contributed by atoms with Gasteiger partial charge in [0.25, 0.3) is 0 Å². The van der Waals surface area contributed by atoms with E-state index in [1.165, 1.54) is 0 Å². The van der Waals surface area contributed by atoms with Gasteiger partial charge in [0.2, 0.25) is 6.41 Å². The fraction of sp³-hybridized carbons (Fsp3) is 0.417. The first kappa shape index (κ1) is 11.6. The van der Waals surface area contributed by atoms with E-state index in [4.69, 9.17) is 0 Å². The summed E-state index contributed by atoms with van der Waals surface area (Å²) in [5, 5.41) is 4.80. The number of thiazole rings is 1. The summed E-state index contributed by atoms with van der Waals surface area (Å²) >= 11 is 1.61. The third-order valence-electron chi connectivity index (χ3n) is 3.05. The van der Waals surface area contributed by atoms with Gasteiger partial charge in [0.1, 0.15) is 10.3 Å². The van der Waals surface area contributed by atoms with E-state index in [0.717, 1.165) is 47.0 Å². The van der Waals surface area contributed by atoms with Crippen molar-refractivity contribution in [1.29, 1.82) is 0 Å². The van der Waals surface area contributed by atoms with Crippen molar-refractivity contribution < 1.29 is 4.79 Å². The van der Waals surface area contributed by atoms with E-state index in [0.29, 0.717) is 6.54 Å². The highest BCUT2D eigenvalue weighted by Crippen LogP contribution is 2.20. The Bertz CT molecular complexity index is 582. The molecule has 3 rings (SSSR count). The number of hydrazine groups is 1. The molecule has 0 unspecified atom stereocenters. The van der Waals surface area contributed by atoms with E-state index in [1.54, 1.807) is 16.3 Å². The summed E-state index contributed by atoms with van der Waals surface area (Å²) in [6, 6.07) is 3.99. The lowest BCUT2D eigenvalue weighted by atomic mass is 10.3. The van der Waals surface area contributed by atoms with Crippen LogP contribution in [0.25, 0.3) is 10.3 Å². The molecule has 0 aromatic carbocycles. The van der Waals surface area contributed by atoms with E-state index in [1.807, 2.05) is 24.1 Å². The molecule has 0 bridgehead atoms. The summed E-state index contributed by atoms with van der Waals surface area (Å²) in [6.07, 6.45) is 1.92. The van der Waals surface area contributed by atoms with E-state index >= 15 is 0 Å². The molecule has 1 saturated heterocycles. The van der Waals surface area contributed by atoms with Gasteiger partial charge in [-0.25, -0.2) is 15.0 Å². The van der Waals surface area contributed by atoms with E-state index in [-0.39, 0.29) is 0 Å². The minimum absolute atomic E-state index is 0.686. The molecule has 2 aromatic heterocycles. The van der Waals surface area contributed by atoms with Gasteiger partial charge in [-0.2, -0.15) is 0 Å². The minimum Gasteiger partial charge on any atom is -0.278 e. The van der Waals surface area contributed by atoms with Gasteiger partial charge < -0.3 is 0 Å². The second kappa shape index (κ2) is 4.62. The number of pyridine rings is 1. The zero-order chi connectivity index (χ0) is 12.5. The van der Waals surface area contributed by atoms with E-state index < -0.39 is 0 Å². The van der Waals surface area contributed by atoms with Crippen LogP contribution in [0.2, 0.25) is 0 Å². The number of aryl methyl sites for hydroxylation is 1. The van der Waals surface area contributed by atoms with Crippen molar-refractivity contribution in [2.75, 3.05) is 13.1 Å². The Hall–Kier alpha value is -1.53. The quantitative estimate of drug-likeness (QED) is 0.788. The Morgan fingerprint density at radius 2 is 2.28 bits per heavy atom. The van der Waals surface area contributed by atoms with Crippen molar-refractivity contribution in [1.82, 2.24) is 20.0 Å². The van der Waals surface area contributed by atoms with Gasteiger partial charge in [-0.3, -0.25) is 9.80 Å². The summed E-state index contributed by atoms with van der Waals surface area (Å²) in [7, 11) is 0. The summed E-state index contributed by atoms with van der Waals surface area (Å²) in [5.41, 5.74) is 1.94. The molecule has 0 aliphatic carbocycles. The van der Waals surface area contributed by atoms with Crippen molar-refractivity contribution >= 4 is 28.1 Å².